The van der Waals surface area contributed by atoms with Crippen LogP contribution in [0.2, 0.25) is 0 Å². The highest BCUT2D eigenvalue weighted by Crippen LogP contribution is 2.33. The summed E-state index contributed by atoms with van der Waals surface area (Å²) in [6, 6.07) is 23.2. The molecule has 3 aromatic carbocycles. The number of carbonyl (C=O) groups is 4. The molecule has 12 heteroatoms. The van der Waals surface area contributed by atoms with Gasteiger partial charge in [0.25, 0.3) is 5.91 Å². The molecule has 0 radical (unpaired) electrons. The van der Waals surface area contributed by atoms with E-state index in [1.165, 1.54) is 0 Å². The second-order valence-electron chi connectivity index (χ2n) is 13.7. The van der Waals surface area contributed by atoms with Crippen molar-refractivity contribution in [2.75, 3.05) is 18.4 Å². The molecule has 3 atom stereocenters. The van der Waals surface area contributed by atoms with Crippen molar-refractivity contribution in [1.29, 1.82) is 0 Å². The van der Waals surface area contributed by atoms with Gasteiger partial charge in [-0.1, -0.05) is 54.6 Å². The molecule has 0 saturated carbocycles. The maximum absolute atomic E-state index is 13.9. The number of amides is 4. The first-order valence-corrected chi connectivity index (χ1v) is 17.8. The Morgan fingerprint density at radius 2 is 1.56 bits per heavy atom. The van der Waals surface area contributed by atoms with Crippen LogP contribution < -0.4 is 10.6 Å². The van der Waals surface area contributed by atoms with Crippen LogP contribution in [0.3, 0.4) is 0 Å². The summed E-state index contributed by atoms with van der Waals surface area (Å²) < 4.78 is 5.27. The molecule has 268 valence electrons. The van der Waals surface area contributed by atoms with Crippen LogP contribution in [0.25, 0.3) is 33.4 Å². The number of H-pyrrole nitrogens is 2. The Morgan fingerprint density at radius 3 is 2.29 bits per heavy atom. The minimum Gasteiger partial charge on any atom is -0.447 e. The van der Waals surface area contributed by atoms with Gasteiger partial charge in [-0.25, -0.2) is 9.78 Å². The number of aromatic amines is 2. The van der Waals surface area contributed by atoms with Gasteiger partial charge in [-0.05, 0) is 80.5 Å². The predicted molar refractivity (Wildman–Crippen MR) is 198 cm³/mol. The molecular formula is C40H43N7O5. The van der Waals surface area contributed by atoms with Gasteiger partial charge < -0.3 is 35.1 Å². The Bertz CT molecular complexity index is 2090. The van der Waals surface area contributed by atoms with Crippen LogP contribution in [0.5, 0.6) is 0 Å². The third-order valence-electron chi connectivity index (χ3n) is 9.79. The lowest BCUT2D eigenvalue weighted by Crippen LogP contribution is -2.48. The maximum Gasteiger partial charge on any atom is 0.408 e. The first-order valence-electron chi connectivity index (χ1n) is 17.8. The summed E-state index contributed by atoms with van der Waals surface area (Å²) in [5, 5.41) is 6.66. The molecule has 4 heterocycles. The Balaban J connectivity index is 1.03. The van der Waals surface area contributed by atoms with Gasteiger partial charge in [0, 0.05) is 42.3 Å². The molecule has 0 unspecified atom stereocenters. The highest BCUT2D eigenvalue weighted by molar-refractivity contribution is 6.00. The molecule has 0 aliphatic carbocycles. The smallest absolute Gasteiger partial charge is 0.408 e. The van der Waals surface area contributed by atoms with Crippen molar-refractivity contribution in [2.24, 2.45) is 0 Å². The number of aromatic nitrogens is 3. The van der Waals surface area contributed by atoms with Crippen molar-refractivity contribution in [3.05, 3.63) is 96.4 Å². The second-order valence-corrected chi connectivity index (χ2v) is 13.7. The lowest BCUT2D eigenvalue weighted by Gasteiger charge is -2.29. The molecule has 12 nitrogen and oxygen atoms in total. The number of hydrogen-bond acceptors (Lipinski definition) is 6. The van der Waals surface area contributed by atoms with E-state index in [2.05, 4.69) is 25.6 Å². The number of fused-ring (bicyclic) bond motifs is 1. The molecular weight excluding hydrogens is 658 g/mol. The van der Waals surface area contributed by atoms with E-state index in [1.807, 2.05) is 65.7 Å². The van der Waals surface area contributed by atoms with E-state index in [0.29, 0.717) is 30.6 Å². The number of ether oxygens (including phenoxy) is 1. The quantitative estimate of drug-likeness (QED) is 0.134. The van der Waals surface area contributed by atoms with Crippen LogP contribution in [0.1, 0.15) is 69.9 Å². The van der Waals surface area contributed by atoms with E-state index in [-0.39, 0.29) is 29.9 Å². The number of anilines is 1. The van der Waals surface area contributed by atoms with Crippen molar-refractivity contribution in [3.8, 4) is 22.5 Å². The van der Waals surface area contributed by atoms with Crippen molar-refractivity contribution >= 4 is 40.4 Å². The summed E-state index contributed by atoms with van der Waals surface area (Å²) in [6.07, 6.45) is 3.84. The molecule has 52 heavy (non-hydrogen) atoms. The van der Waals surface area contributed by atoms with E-state index in [0.717, 1.165) is 58.6 Å². The monoisotopic (exact) mass is 701 g/mol. The van der Waals surface area contributed by atoms with Gasteiger partial charge in [0.2, 0.25) is 11.8 Å². The van der Waals surface area contributed by atoms with E-state index >= 15 is 0 Å². The fourth-order valence-corrected chi connectivity index (χ4v) is 7.27. The summed E-state index contributed by atoms with van der Waals surface area (Å²) in [5.41, 5.74) is 5.98. The van der Waals surface area contributed by atoms with Gasteiger partial charge >= 0.3 is 6.09 Å². The van der Waals surface area contributed by atoms with E-state index in [4.69, 9.17) is 4.74 Å². The molecule has 4 amide bonds. The maximum atomic E-state index is 13.9. The first-order chi connectivity index (χ1) is 25.1. The normalized spacial score (nSPS) is 17.8. The van der Waals surface area contributed by atoms with Gasteiger partial charge in [-0.2, -0.15) is 0 Å². The number of nitrogens with zero attached hydrogens (tertiary/aromatic N) is 3. The molecule has 2 saturated heterocycles. The average Bonchev–Trinajstić information content (AvgIpc) is 3.96. The van der Waals surface area contributed by atoms with Crippen molar-refractivity contribution in [3.63, 3.8) is 0 Å². The predicted octanol–water partition coefficient (Wildman–Crippen LogP) is 6.71. The molecule has 2 aliphatic rings. The topological polar surface area (TPSA) is 153 Å². The van der Waals surface area contributed by atoms with Gasteiger partial charge in [0.1, 0.15) is 17.9 Å². The molecule has 4 N–H and O–H groups in total. The van der Waals surface area contributed by atoms with Crippen LogP contribution in [0.4, 0.5) is 10.5 Å². The van der Waals surface area contributed by atoms with Gasteiger partial charge in [-0.3, -0.25) is 14.4 Å². The summed E-state index contributed by atoms with van der Waals surface area (Å²) in [4.78, 5) is 67.1. The molecule has 0 bridgehead atoms. The number of nitrogens with one attached hydrogen (secondary N) is 4. The Morgan fingerprint density at radius 1 is 0.846 bits per heavy atom. The lowest BCUT2D eigenvalue weighted by molar-refractivity contribution is -0.138. The number of carbonyl (C=O) groups excluding carboxylic acids is 4. The fourth-order valence-electron chi connectivity index (χ4n) is 7.27. The van der Waals surface area contributed by atoms with Crippen LogP contribution in [0.15, 0.2) is 85.1 Å². The minimum atomic E-state index is -0.989. The largest absolute Gasteiger partial charge is 0.447 e. The molecule has 0 spiro atoms. The van der Waals surface area contributed by atoms with E-state index < -0.39 is 18.2 Å². The van der Waals surface area contributed by atoms with Crippen molar-refractivity contribution in [1.82, 2.24) is 30.1 Å². The molecule has 5 aromatic rings. The number of alkyl carbamates (subject to hydrolysis) is 1. The summed E-state index contributed by atoms with van der Waals surface area (Å²) in [7, 11) is 0. The number of hydrogen-bond donors (Lipinski definition) is 4. The number of rotatable bonds is 9. The van der Waals surface area contributed by atoms with Crippen molar-refractivity contribution < 1.29 is 23.9 Å². The number of benzene rings is 3. The lowest BCUT2D eigenvalue weighted by atomic mass is 10.0. The van der Waals surface area contributed by atoms with E-state index in [1.54, 1.807) is 49.9 Å². The number of likely N-dealkylation sites (tertiary alicyclic amines) is 2. The Kier molecular flexibility index (Phi) is 9.80. The SMILES string of the molecule is CC(=O)N1CCC[C@H]1c1ncc(-c2ccc(-c3cc4cc(NC(=O)[C@@H]5CCCN5C(=O)[C@H](NC(=O)OC(C)C)c5ccccc5)ccc4[nH]3)cc2)[nH]1. The van der Waals surface area contributed by atoms with Crippen LogP contribution in [0, 0.1) is 0 Å². The molecule has 2 fully saturated rings. The second kappa shape index (κ2) is 14.7. The Labute approximate surface area is 301 Å². The highest BCUT2D eigenvalue weighted by Gasteiger charge is 2.38. The van der Waals surface area contributed by atoms with E-state index in [9.17, 15) is 19.2 Å². The molecule has 7 rings (SSSR count). The van der Waals surface area contributed by atoms with Crippen molar-refractivity contribution in [2.45, 2.75) is 70.7 Å². The van der Waals surface area contributed by atoms with Crippen LogP contribution in [-0.4, -0.2) is 73.8 Å². The molecule has 2 aliphatic heterocycles. The van der Waals surface area contributed by atoms with Gasteiger partial charge in [-0.15, -0.1) is 0 Å². The summed E-state index contributed by atoms with van der Waals surface area (Å²) in [6.45, 7) is 6.25. The zero-order valence-corrected chi connectivity index (χ0v) is 29.5. The van der Waals surface area contributed by atoms with Crippen LogP contribution in [-0.2, 0) is 19.1 Å². The minimum absolute atomic E-state index is 0.0117. The third kappa shape index (κ3) is 7.27. The van der Waals surface area contributed by atoms with Gasteiger partial charge in [0.05, 0.1) is 24.0 Å². The Hall–Kier alpha value is -5.91. The number of imidazole rings is 1. The zero-order chi connectivity index (χ0) is 36.4. The van der Waals surface area contributed by atoms with Crippen LogP contribution >= 0.6 is 0 Å². The van der Waals surface area contributed by atoms with Gasteiger partial charge in [0.15, 0.2) is 0 Å². The summed E-state index contributed by atoms with van der Waals surface area (Å²) in [5.74, 6) is 0.244. The standard InChI is InChI=1S/C40H43N7O5/c1-24(2)52-40(51)45-36(28-9-5-4-6-10-28)39(50)47-20-8-12-35(47)38(49)42-30-17-18-31-29(21-30)22-32(43-31)26-13-15-27(16-14-26)33-23-41-37(44-33)34-11-7-19-46(34)25(3)48/h4-6,9-10,13-18,21-24,34-36,43H,7-8,11-12,19-20H2,1-3H3,(H,41,44)(H,42,49)(H,45,51)/t34-,35-,36+/m0/s1. The molecule has 2 aromatic heterocycles. The first kappa shape index (κ1) is 34.5. The highest BCUT2D eigenvalue weighted by atomic mass is 16.6. The summed E-state index contributed by atoms with van der Waals surface area (Å²) >= 11 is 0. The third-order valence-corrected chi connectivity index (χ3v) is 9.79. The fraction of sp³-hybridized carbons (Fsp3) is 0.325. The zero-order valence-electron chi connectivity index (χ0n) is 29.5. The average molecular weight is 702 g/mol.